The van der Waals surface area contributed by atoms with Crippen LogP contribution in [0.4, 0.5) is 0 Å². The summed E-state index contributed by atoms with van der Waals surface area (Å²) in [5.74, 6) is 2.34. The molecule has 128 valence electrons. The van der Waals surface area contributed by atoms with Gasteiger partial charge in [-0.1, -0.05) is 6.07 Å². The Balaban J connectivity index is 1.92. The zero-order valence-corrected chi connectivity index (χ0v) is 14.1. The van der Waals surface area contributed by atoms with E-state index < -0.39 is 0 Å². The molecule has 23 heavy (non-hydrogen) atoms. The fourth-order valence-electron chi connectivity index (χ4n) is 2.62. The summed E-state index contributed by atoms with van der Waals surface area (Å²) in [5.41, 5.74) is 6.89. The molecule has 1 amide bonds. The SMILES string of the molecule is COc1ccc(CCC(=O)NCC(N)C2CC2)c(OC)c1OC. The molecule has 6 nitrogen and oxygen atoms in total. The molecule has 0 saturated heterocycles. The van der Waals surface area contributed by atoms with E-state index in [0.717, 1.165) is 5.56 Å². The number of nitrogens with two attached hydrogens (primary N) is 1. The van der Waals surface area contributed by atoms with Crippen molar-refractivity contribution in [2.45, 2.75) is 31.7 Å². The van der Waals surface area contributed by atoms with Gasteiger partial charge in [-0.3, -0.25) is 4.79 Å². The molecule has 1 aliphatic rings. The Kier molecular flexibility index (Phi) is 6.10. The quantitative estimate of drug-likeness (QED) is 0.720. The molecule has 0 spiro atoms. The molecule has 6 heteroatoms. The first-order valence-corrected chi connectivity index (χ1v) is 7.90. The molecule has 2 rings (SSSR count). The van der Waals surface area contributed by atoms with Crippen molar-refractivity contribution in [3.8, 4) is 17.2 Å². The summed E-state index contributed by atoms with van der Waals surface area (Å²) in [6, 6.07) is 3.79. The first kappa shape index (κ1) is 17.4. The Hall–Kier alpha value is -1.95. The Morgan fingerprint density at radius 3 is 2.48 bits per heavy atom. The number of rotatable bonds is 9. The second-order valence-corrected chi connectivity index (χ2v) is 5.80. The van der Waals surface area contributed by atoms with E-state index in [1.54, 1.807) is 21.3 Å². The Bertz CT molecular complexity index is 544. The van der Waals surface area contributed by atoms with Crippen LogP contribution in [-0.4, -0.2) is 39.8 Å². The molecule has 3 N–H and O–H groups in total. The van der Waals surface area contributed by atoms with Gasteiger partial charge >= 0.3 is 0 Å². The maximum Gasteiger partial charge on any atom is 0.220 e. The van der Waals surface area contributed by atoms with E-state index in [9.17, 15) is 4.79 Å². The van der Waals surface area contributed by atoms with Crippen molar-refractivity contribution in [1.82, 2.24) is 5.32 Å². The van der Waals surface area contributed by atoms with Gasteiger partial charge in [-0.05, 0) is 36.8 Å². The van der Waals surface area contributed by atoms with Gasteiger partial charge in [-0.15, -0.1) is 0 Å². The van der Waals surface area contributed by atoms with Crippen molar-refractivity contribution in [3.05, 3.63) is 17.7 Å². The minimum Gasteiger partial charge on any atom is -0.493 e. The third-order valence-electron chi connectivity index (χ3n) is 4.17. The van der Waals surface area contributed by atoms with Gasteiger partial charge < -0.3 is 25.3 Å². The molecule has 1 aromatic rings. The van der Waals surface area contributed by atoms with Crippen molar-refractivity contribution >= 4 is 5.91 Å². The number of ether oxygens (including phenoxy) is 3. The highest BCUT2D eigenvalue weighted by molar-refractivity contribution is 5.76. The number of hydrogen-bond donors (Lipinski definition) is 2. The third kappa shape index (κ3) is 4.51. The molecule has 0 aliphatic heterocycles. The predicted octanol–water partition coefficient (Wildman–Crippen LogP) is 1.50. The highest BCUT2D eigenvalue weighted by atomic mass is 16.5. The minimum absolute atomic E-state index is 0.00191. The normalized spacial score (nSPS) is 15.0. The number of hydrogen-bond acceptors (Lipinski definition) is 5. The summed E-state index contributed by atoms with van der Waals surface area (Å²) in [4.78, 5) is 12.0. The average molecular weight is 322 g/mol. The second-order valence-electron chi connectivity index (χ2n) is 5.80. The van der Waals surface area contributed by atoms with Crippen LogP contribution in [0, 0.1) is 5.92 Å². The second kappa shape index (κ2) is 8.06. The average Bonchev–Trinajstić information content (AvgIpc) is 3.41. The van der Waals surface area contributed by atoms with E-state index in [1.807, 2.05) is 12.1 Å². The lowest BCUT2D eigenvalue weighted by atomic mass is 10.1. The van der Waals surface area contributed by atoms with E-state index in [1.165, 1.54) is 12.8 Å². The van der Waals surface area contributed by atoms with E-state index in [2.05, 4.69) is 5.32 Å². The lowest BCUT2D eigenvalue weighted by molar-refractivity contribution is -0.121. The van der Waals surface area contributed by atoms with Crippen molar-refractivity contribution in [3.63, 3.8) is 0 Å². The monoisotopic (exact) mass is 322 g/mol. The maximum absolute atomic E-state index is 12.0. The zero-order chi connectivity index (χ0) is 16.8. The van der Waals surface area contributed by atoms with Crippen LogP contribution < -0.4 is 25.3 Å². The van der Waals surface area contributed by atoms with E-state index in [0.29, 0.717) is 42.6 Å². The van der Waals surface area contributed by atoms with E-state index in [-0.39, 0.29) is 11.9 Å². The van der Waals surface area contributed by atoms with Crippen molar-refractivity contribution in [2.24, 2.45) is 11.7 Å². The number of carbonyl (C=O) groups excluding carboxylic acids is 1. The molecule has 1 aromatic carbocycles. The molecular weight excluding hydrogens is 296 g/mol. The summed E-state index contributed by atoms with van der Waals surface area (Å²) in [6.45, 7) is 0.548. The lowest BCUT2D eigenvalue weighted by Crippen LogP contribution is -2.38. The number of amides is 1. The molecule has 1 aliphatic carbocycles. The summed E-state index contributed by atoms with van der Waals surface area (Å²) in [6.07, 6.45) is 3.30. The van der Waals surface area contributed by atoms with Crippen LogP contribution in [0.15, 0.2) is 12.1 Å². The van der Waals surface area contributed by atoms with Crippen LogP contribution in [0.5, 0.6) is 17.2 Å². The molecule has 0 bridgehead atoms. The fourth-order valence-corrected chi connectivity index (χ4v) is 2.62. The fraction of sp³-hybridized carbons (Fsp3) is 0.588. The first-order valence-electron chi connectivity index (χ1n) is 7.90. The highest BCUT2D eigenvalue weighted by Gasteiger charge is 2.28. The molecule has 1 saturated carbocycles. The molecule has 1 atom stereocenters. The van der Waals surface area contributed by atoms with Crippen LogP contribution in [0.25, 0.3) is 0 Å². The molecule has 0 heterocycles. The molecule has 1 unspecified atom stereocenters. The molecular formula is C17H26N2O4. The van der Waals surface area contributed by atoms with E-state index >= 15 is 0 Å². The maximum atomic E-state index is 12.0. The van der Waals surface area contributed by atoms with Crippen LogP contribution in [0.1, 0.15) is 24.8 Å². The van der Waals surface area contributed by atoms with Crippen LogP contribution in [-0.2, 0) is 11.2 Å². The van der Waals surface area contributed by atoms with Gasteiger partial charge in [0.15, 0.2) is 11.5 Å². The van der Waals surface area contributed by atoms with E-state index in [4.69, 9.17) is 19.9 Å². The Morgan fingerprint density at radius 2 is 1.91 bits per heavy atom. The largest absolute Gasteiger partial charge is 0.493 e. The number of methoxy groups -OCH3 is 3. The van der Waals surface area contributed by atoms with Gasteiger partial charge in [0.05, 0.1) is 21.3 Å². The van der Waals surface area contributed by atoms with Gasteiger partial charge in [0.1, 0.15) is 0 Å². The number of carbonyl (C=O) groups is 1. The summed E-state index contributed by atoms with van der Waals surface area (Å²) < 4.78 is 16.0. The summed E-state index contributed by atoms with van der Waals surface area (Å²) in [7, 11) is 4.72. The highest BCUT2D eigenvalue weighted by Crippen LogP contribution is 2.40. The summed E-state index contributed by atoms with van der Waals surface area (Å²) in [5, 5.41) is 2.90. The van der Waals surface area contributed by atoms with Crippen LogP contribution >= 0.6 is 0 Å². The molecule has 0 aromatic heterocycles. The zero-order valence-electron chi connectivity index (χ0n) is 14.1. The summed E-state index contributed by atoms with van der Waals surface area (Å²) >= 11 is 0. The van der Waals surface area contributed by atoms with Gasteiger partial charge in [0.25, 0.3) is 0 Å². The van der Waals surface area contributed by atoms with Crippen molar-refractivity contribution in [1.29, 1.82) is 0 Å². The van der Waals surface area contributed by atoms with Crippen molar-refractivity contribution in [2.75, 3.05) is 27.9 Å². The number of nitrogens with one attached hydrogen (secondary N) is 1. The standard InChI is InChI=1S/C17H26N2O4/c1-21-14-8-6-12(16(22-2)17(14)23-3)7-9-15(20)19-10-13(18)11-4-5-11/h6,8,11,13H,4-5,7,9-10,18H2,1-3H3,(H,19,20). The van der Waals surface area contributed by atoms with Gasteiger partial charge in [0.2, 0.25) is 11.7 Å². The minimum atomic E-state index is -0.00191. The van der Waals surface area contributed by atoms with Crippen LogP contribution in [0.2, 0.25) is 0 Å². The van der Waals surface area contributed by atoms with Gasteiger partial charge in [-0.2, -0.15) is 0 Å². The first-order chi connectivity index (χ1) is 11.1. The Morgan fingerprint density at radius 1 is 1.22 bits per heavy atom. The smallest absolute Gasteiger partial charge is 0.220 e. The topological polar surface area (TPSA) is 82.8 Å². The van der Waals surface area contributed by atoms with Crippen molar-refractivity contribution < 1.29 is 19.0 Å². The molecule has 1 fully saturated rings. The third-order valence-corrected chi connectivity index (χ3v) is 4.17. The lowest BCUT2D eigenvalue weighted by Gasteiger charge is -2.16. The predicted molar refractivity (Wildman–Crippen MR) is 88.1 cm³/mol. The van der Waals surface area contributed by atoms with Gasteiger partial charge in [-0.25, -0.2) is 0 Å². The van der Waals surface area contributed by atoms with Gasteiger partial charge in [0, 0.05) is 19.0 Å². The number of aryl methyl sites for hydroxylation is 1. The Labute approximate surface area is 137 Å². The number of benzene rings is 1. The van der Waals surface area contributed by atoms with Crippen LogP contribution in [0.3, 0.4) is 0 Å². The molecule has 0 radical (unpaired) electrons.